The van der Waals surface area contributed by atoms with Crippen molar-refractivity contribution in [1.29, 1.82) is 0 Å². The Morgan fingerprint density at radius 1 is 1.09 bits per heavy atom. The number of aliphatic imine (C=N–C) groups is 1. The summed E-state index contributed by atoms with van der Waals surface area (Å²) in [5.74, 6) is 1.64. The zero-order valence-electron chi connectivity index (χ0n) is 13.7. The smallest absolute Gasteiger partial charge is 0.130 e. The van der Waals surface area contributed by atoms with Gasteiger partial charge in [-0.2, -0.15) is 0 Å². The molecule has 0 bridgehead atoms. The van der Waals surface area contributed by atoms with E-state index in [2.05, 4.69) is 49.8 Å². The molecule has 2 rings (SSSR count). The van der Waals surface area contributed by atoms with E-state index in [0.29, 0.717) is 0 Å². The third kappa shape index (κ3) is 4.82. The SMILES string of the molecule is CCN(C)/C=N\c1cc(C)c(Oc2ccc(Br)c(Br)c2)cc1C. The summed E-state index contributed by atoms with van der Waals surface area (Å²) < 4.78 is 7.98. The van der Waals surface area contributed by atoms with Crippen LogP contribution in [0.15, 0.2) is 44.3 Å². The van der Waals surface area contributed by atoms with Crippen molar-refractivity contribution in [3.63, 3.8) is 0 Å². The summed E-state index contributed by atoms with van der Waals surface area (Å²) in [6.07, 6.45) is 1.86. The number of rotatable bonds is 5. The van der Waals surface area contributed by atoms with E-state index >= 15 is 0 Å². The molecule has 0 fully saturated rings. The lowest BCUT2D eigenvalue weighted by atomic mass is 10.1. The molecule has 0 saturated carbocycles. The van der Waals surface area contributed by atoms with Gasteiger partial charge in [-0.25, -0.2) is 4.99 Å². The lowest BCUT2D eigenvalue weighted by Gasteiger charge is -2.13. The number of hydrogen-bond donors (Lipinski definition) is 0. The molecule has 0 aliphatic rings. The van der Waals surface area contributed by atoms with E-state index in [-0.39, 0.29) is 0 Å². The zero-order chi connectivity index (χ0) is 17.0. The Bertz CT molecular complexity index is 729. The van der Waals surface area contributed by atoms with Crippen LogP contribution in [-0.2, 0) is 0 Å². The van der Waals surface area contributed by atoms with E-state index in [4.69, 9.17) is 4.74 Å². The Labute approximate surface area is 154 Å². The van der Waals surface area contributed by atoms with Crippen molar-refractivity contribution in [1.82, 2.24) is 4.90 Å². The van der Waals surface area contributed by atoms with Crippen LogP contribution in [0.3, 0.4) is 0 Å². The minimum atomic E-state index is 0.796. The highest BCUT2D eigenvalue weighted by atomic mass is 79.9. The Hall–Kier alpha value is -1.33. The van der Waals surface area contributed by atoms with E-state index < -0.39 is 0 Å². The Kier molecular flexibility index (Phi) is 6.25. The molecule has 0 heterocycles. The quantitative estimate of drug-likeness (QED) is 0.407. The first-order valence-corrected chi connectivity index (χ1v) is 8.98. The van der Waals surface area contributed by atoms with Crippen molar-refractivity contribution < 1.29 is 4.74 Å². The standard InChI is InChI=1S/C18H20Br2N2O/c1-5-22(4)11-21-17-8-13(3)18(9-12(17)2)23-14-6-7-15(19)16(20)10-14/h6-11H,5H2,1-4H3/b21-11-. The molecule has 0 N–H and O–H groups in total. The van der Waals surface area contributed by atoms with Gasteiger partial charge in [0.05, 0.1) is 12.0 Å². The van der Waals surface area contributed by atoms with Gasteiger partial charge < -0.3 is 9.64 Å². The third-order valence-corrected chi connectivity index (χ3v) is 5.38. The molecule has 2 aromatic carbocycles. The van der Waals surface area contributed by atoms with Crippen LogP contribution in [0.5, 0.6) is 11.5 Å². The minimum Gasteiger partial charge on any atom is -0.457 e. The van der Waals surface area contributed by atoms with Crippen LogP contribution in [0.2, 0.25) is 0 Å². The lowest BCUT2D eigenvalue weighted by Crippen LogP contribution is -2.14. The first-order chi connectivity index (χ1) is 10.9. The molecular weight excluding hydrogens is 420 g/mol. The number of aryl methyl sites for hydroxylation is 2. The average Bonchev–Trinajstić information content (AvgIpc) is 2.52. The first kappa shape index (κ1) is 18.0. The van der Waals surface area contributed by atoms with Crippen LogP contribution in [0.4, 0.5) is 5.69 Å². The largest absolute Gasteiger partial charge is 0.457 e. The molecule has 0 unspecified atom stereocenters. The average molecular weight is 440 g/mol. The molecule has 5 heteroatoms. The molecule has 2 aromatic rings. The van der Waals surface area contributed by atoms with Crippen molar-refractivity contribution in [3.8, 4) is 11.5 Å². The summed E-state index contributed by atoms with van der Waals surface area (Å²) in [6, 6.07) is 9.93. The third-order valence-electron chi connectivity index (χ3n) is 3.51. The predicted octanol–water partition coefficient (Wildman–Crippen LogP) is 6.23. The molecule has 0 amide bonds. The second-order valence-corrected chi connectivity index (χ2v) is 7.11. The van der Waals surface area contributed by atoms with Gasteiger partial charge in [0.25, 0.3) is 0 Å². The highest BCUT2D eigenvalue weighted by Crippen LogP contribution is 2.34. The van der Waals surface area contributed by atoms with Crippen LogP contribution in [0, 0.1) is 13.8 Å². The van der Waals surface area contributed by atoms with Gasteiger partial charge in [0, 0.05) is 22.5 Å². The summed E-state index contributed by atoms with van der Waals surface area (Å²) in [5, 5.41) is 0. The predicted molar refractivity (Wildman–Crippen MR) is 104 cm³/mol. The maximum absolute atomic E-state index is 6.01. The first-order valence-electron chi connectivity index (χ1n) is 7.39. The van der Waals surface area contributed by atoms with E-state index in [0.717, 1.165) is 43.8 Å². The summed E-state index contributed by atoms with van der Waals surface area (Å²) in [7, 11) is 2.01. The normalized spacial score (nSPS) is 11.0. The van der Waals surface area contributed by atoms with Crippen molar-refractivity contribution in [2.45, 2.75) is 20.8 Å². The fourth-order valence-corrected chi connectivity index (χ4v) is 2.54. The monoisotopic (exact) mass is 438 g/mol. The fourth-order valence-electron chi connectivity index (χ4n) is 1.93. The molecule has 122 valence electrons. The molecule has 0 saturated heterocycles. The van der Waals surface area contributed by atoms with Gasteiger partial charge in [-0.15, -0.1) is 0 Å². The Balaban J connectivity index is 2.25. The highest BCUT2D eigenvalue weighted by molar-refractivity contribution is 9.13. The molecule has 0 aliphatic heterocycles. The maximum atomic E-state index is 6.01. The van der Waals surface area contributed by atoms with E-state index in [1.165, 1.54) is 0 Å². The number of benzene rings is 2. The van der Waals surface area contributed by atoms with Gasteiger partial charge in [0.15, 0.2) is 0 Å². The maximum Gasteiger partial charge on any atom is 0.130 e. The molecule has 0 spiro atoms. The Morgan fingerprint density at radius 3 is 2.48 bits per heavy atom. The number of halogens is 2. The summed E-state index contributed by atoms with van der Waals surface area (Å²) in [6.45, 7) is 7.10. The van der Waals surface area contributed by atoms with Gasteiger partial charge in [-0.05, 0) is 94.1 Å². The van der Waals surface area contributed by atoms with Gasteiger partial charge in [0.1, 0.15) is 11.5 Å². The topological polar surface area (TPSA) is 24.8 Å². The van der Waals surface area contributed by atoms with E-state index in [9.17, 15) is 0 Å². The molecule has 3 nitrogen and oxygen atoms in total. The number of nitrogens with zero attached hydrogens (tertiary/aromatic N) is 2. The molecular formula is C18H20Br2N2O. The van der Waals surface area contributed by atoms with E-state index in [1.54, 1.807) is 0 Å². The minimum absolute atomic E-state index is 0.796. The molecule has 23 heavy (non-hydrogen) atoms. The summed E-state index contributed by atoms with van der Waals surface area (Å²) in [5.41, 5.74) is 3.11. The molecule has 0 aromatic heterocycles. The molecule has 0 aliphatic carbocycles. The van der Waals surface area contributed by atoms with Gasteiger partial charge in [-0.3, -0.25) is 0 Å². The molecule has 0 atom stereocenters. The van der Waals surface area contributed by atoms with Crippen molar-refractivity contribution >= 4 is 43.9 Å². The number of hydrogen-bond acceptors (Lipinski definition) is 2. The van der Waals surface area contributed by atoms with E-state index in [1.807, 2.05) is 56.4 Å². The van der Waals surface area contributed by atoms with Crippen LogP contribution in [0.1, 0.15) is 18.1 Å². The lowest BCUT2D eigenvalue weighted by molar-refractivity contribution is 0.478. The highest BCUT2D eigenvalue weighted by Gasteiger charge is 2.07. The van der Waals surface area contributed by atoms with Crippen molar-refractivity contribution in [2.24, 2.45) is 4.99 Å². The van der Waals surface area contributed by atoms with Crippen LogP contribution in [0.25, 0.3) is 0 Å². The van der Waals surface area contributed by atoms with Gasteiger partial charge >= 0.3 is 0 Å². The van der Waals surface area contributed by atoms with Crippen molar-refractivity contribution in [2.75, 3.05) is 13.6 Å². The van der Waals surface area contributed by atoms with Gasteiger partial charge in [-0.1, -0.05) is 0 Å². The molecule has 0 radical (unpaired) electrons. The van der Waals surface area contributed by atoms with Crippen LogP contribution < -0.4 is 4.74 Å². The van der Waals surface area contributed by atoms with Crippen LogP contribution in [-0.4, -0.2) is 24.8 Å². The second kappa shape index (κ2) is 7.97. The van der Waals surface area contributed by atoms with Crippen molar-refractivity contribution in [3.05, 3.63) is 50.4 Å². The van der Waals surface area contributed by atoms with Gasteiger partial charge in [0.2, 0.25) is 0 Å². The Morgan fingerprint density at radius 2 is 1.83 bits per heavy atom. The summed E-state index contributed by atoms with van der Waals surface area (Å²) >= 11 is 6.96. The fraction of sp³-hybridized carbons (Fsp3) is 0.278. The second-order valence-electron chi connectivity index (χ2n) is 5.40. The zero-order valence-corrected chi connectivity index (χ0v) is 16.9. The summed E-state index contributed by atoms with van der Waals surface area (Å²) in [4.78, 5) is 6.58. The van der Waals surface area contributed by atoms with Crippen LogP contribution >= 0.6 is 31.9 Å². The number of ether oxygens (including phenoxy) is 1.